The average Bonchev–Trinajstić information content (AvgIpc) is 3.21. The number of hydrogen-bond acceptors (Lipinski definition) is 5. The lowest BCUT2D eigenvalue weighted by atomic mass is 10.0. The summed E-state index contributed by atoms with van der Waals surface area (Å²) in [7, 11) is 1.66. The number of likely N-dealkylation sites (N-methyl/N-ethyl adjacent to an activating group) is 1. The molecule has 0 saturated carbocycles. The molecule has 4 N–H and O–H groups in total. The molecule has 0 radical (unpaired) electrons. The van der Waals surface area contributed by atoms with E-state index in [9.17, 15) is 14.4 Å². The number of hydrogen-bond donors (Lipinski definition) is 3. The Morgan fingerprint density at radius 2 is 2.03 bits per heavy atom. The average molecular weight is 477 g/mol. The van der Waals surface area contributed by atoms with Crippen LogP contribution in [0.15, 0.2) is 28.1 Å². The van der Waals surface area contributed by atoms with Crippen LogP contribution in [0, 0.1) is 0 Å². The molecule has 150 valence electrons. The summed E-state index contributed by atoms with van der Waals surface area (Å²) in [5, 5.41) is 3.21. The molecule has 0 fully saturated rings. The fourth-order valence-electron chi connectivity index (χ4n) is 3.35. The maximum absolute atomic E-state index is 12.5. The Kier molecular flexibility index (Phi) is 4.43. The number of nitrogens with two attached hydrogens (primary N) is 1. The summed E-state index contributed by atoms with van der Waals surface area (Å²) >= 11 is 4.59. The number of fused-ring (bicyclic) bond motifs is 2. The van der Waals surface area contributed by atoms with Gasteiger partial charge in [0, 0.05) is 12.4 Å². The Balaban J connectivity index is 1.83. The van der Waals surface area contributed by atoms with Gasteiger partial charge < -0.3 is 25.7 Å². The quantitative estimate of drug-likeness (QED) is 0.536. The molecule has 0 aliphatic carbocycles. The highest BCUT2D eigenvalue weighted by atomic mass is 79.9. The number of primary amides is 1. The van der Waals surface area contributed by atoms with E-state index in [0.29, 0.717) is 27.2 Å². The molecule has 1 aliphatic heterocycles. The molecule has 0 unspecified atom stereocenters. The van der Waals surface area contributed by atoms with Crippen LogP contribution in [0.5, 0.6) is 5.75 Å². The number of nitrogens with zero attached hydrogens (tertiary/aromatic N) is 1. The van der Waals surface area contributed by atoms with Gasteiger partial charge in [-0.2, -0.15) is 0 Å². The zero-order chi connectivity index (χ0) is 21.1. The molecule has 0 saturated heterocycles. The van der Waals surface area contributed by atoms with Gasteiger partial charge in [0.15, 0.2) is 5.60 Å². The van der Waals surface area contributed by atoms with E-state index >= 15 is 0 Å². The van der Waals surface area contributed by atoms with Gasteiger partial charge in [-0.05, 0) is 54.0 Å². The van der Waals surface area contributed by atoms with Gasteiger partial charge in [0.05, 0.1) is 25.4 Å². The van der Waals surface area contributed by atoms with Gasteiger partial charge in [-0.25, -0.2) is 0 Å². The Morgan fingerprint density at radius 3 is 2.66 bits per heavy atom. The molecular weight excluding hydrogens is 460 g/mol. The summed E-state index contributed by atoms with van der Waals surface area (Å²) in [5.41, 5.74) is 5.81. The van der Waals surface area contributed by atoms with Gasteiger partial charge in [-0.15, -0.1) is 11.3 Å². The van der Waals surface area contributed by atoms with Crippen LogP contribution in [0.25, 0.3) is 10.9 Å². The van der Waals surface area contributed by atoms with E-state index in [1.807, 2.05) is 0 Å². The number of H-pyrrole nitrogens is 1. The van der Waals surface area contributed by atoms with Gasteiger partial charge in [0.1, 0.15) is 11.6 Å². The molecule has 10 heteroatoms. The largest absolute Gasteiger partial charge is 0.476 e. The molecule has 8 nitrogen and oxygen atoms in total. The van der Waals surface area contributed by atoms with E-state index in [1.54, 1.807) is 45.2 Å². The summed E-state index contributed by atoms with van der Waals surface area (Å²) in [6.07, 6.45) is 0. The van der Waals surface area contributed by atoms with Gasteiger partial charge in [0.2, 0.25) is 0 Å². The van der Waals surface area contributed by atoms with Gasteiger partial charge in [-0.1, -0.05) is 0 Å². The summed E-state index contributed by atoms with van der Waals surface area (Å²) < 4.78 is 6.67. The molecule has 29 heavy (non-hydrogen) atoms. The van der Waals surface area contributed by atoms with Crippen molar-refractivity contribution >= 4 is 67.4 Å². The van der Waals surface area contributed by atoms with Crippen LogP contribution in [0.1, 0.15) is 33.9 Å². The first-order valence-electron chi connectivity index (χ1n) is 8.62. The molecule has 3 aromatic rings. The zero-order valence-corrected chi connectivity index (χ0v) is 18.2. The number of amides is 3. The lowest BCUT2D eigenvalue weighted by Gasteiger charge is -2.36. The lowest BCUT2D eigenvalue weighted by Crippen LogP contribution is -2.50. The summed E-state index contributed by atoms with van der Waals surface area (Å²) in [6, 6.07) is 6.79. The standard InChI is InChI=1S/C19H17BrN4O4S/c1-19(2)18(27)24(3)10-7-9-8(6-11(10)28-19)14(15(21)25)16(22-9)23-17(26)12-4-5-13(20)29-12/h4-7,22H,1-3H3,(H2,21,25)(H,23,26). The minimum atomic E-state index is -1.04. The highest BCUT2D eigenvalue weighted by molar-refractivity contribution is 9.11. The molecular formula is C19H17BrN4O4S. The van der Waals surface area contributed by atoms with Crippen molar-refractivity contribution < 1.29 is 19.1 Å². The molecule has 1 aromatic carbocycles. The highest BCUT2D eigenvalue weighted by Crippen LogP contribution is 2.41. The predicted octanol–water partition coefficient (Wildman–Crippen LogP) is 3.48. The van der Waals surface area contributed by atoms with Gasteiger partial charge in [-0.3, -0.25) is 14.4 Å². The Morgan fingerprint density at radius 1 is 1.31 bits per heavy atom. The number of carbonyl (C=O) groups is 3. The van der Waals surface area contributed by atoms with Crippen molar-refractivity contribution in [3.8, 4) is 5.75 Å². The number of aromatic amines is 1. The SMILES string of the molecule is CN1C(=O)C(C)(C)Oc2cc3c(C(N)=O)c(NC(=O)c4ccc(Br)s4)[nH]c3cc21. The Labute approximate surface area is 178 Å². The van der Waals surface area contributed by atoms with E-state index in [1.165, 1.54) is 16.2 Å². The molecule has 4 rings (SSSR count). The minimum Gasteiger partial charge on any atom is -0.476 e. The number of aromatic nitrogens is 1. The normalized spacial score (nSPS) is 15.2. The monoisotopic (exact) mass is 476 g/mol. The van der Waals surface area contributed by atoms with Crippen molar-refractivity contribution in [1.82, 2.24) is 4.98 Å². The number of halogens is 1. The maximum Gasteiger partial charge on any atom is 0.270 e. The second-order valence-electron chi connectivity index (χ2n) is 7.14. The number of anilines is 2. The van der Waals surface area contributed by atoms with Crippen LogP contribution in [0.3, 0.4) is 0 Å². The zero-order valence-electron chi connectivity index (χ0n) is 15.8. The first kappa shape index (κ1) is 19.5. The van der Waals surface area contributed by atoms with Crippen molar-refractivity contribution in [3.63, 3.8) is 0 Å². The first-order valence-corrected chi connectivity index (χ1v) is 10.2. The van der Waals surface area contributed by atoms with E-state index in [2.05, 4.69) is 26.2 Å². The van der Waals surface area contributed by atoms with E-state index in [4.69, 9.17) is 10.5 Å². The summed E-state index contributed by atoms with van der Waals surface area (Å²) in [6.45, 7) is 3.35. The van der Waals surface area contributed by atoms with Crippen LogP contribution < -0.4 is 20.7 Å². The van der Waals surface area contributed by atoms with Crippen molar-refractivity contribution in [2.45, 2.75) is 19.4 Å². The van der Waals surface area contributed by atoms with Crippen LogP contribution >= 0.6 is 27.3 Å². The van der Waals surface area contributed by atoms with Crippen molar-refractivity contribution in [2.24, 2.45) is 5.73 Å². The molecule has 0 atom stereocenters. The number of thiophene rings is 1. The predicted molar refractivity (Wildman–Crippen MR) is 115 cm³/mol. The number of ether oxygens (including phenoxy) is 1. The first-order chi connectivity index (χ1) is 13.6. The Bertz CT molecular complexity index is 1200. The van der Waals surface area contributed by atoms with E-state index < -0.39 is 11.5 Å². The molecule has 3 amide bonds. The third-order valence-electron chi connectivity index (χ3n) is 4.71. The highest BCUT2D eigenvalue weighted by Gasteiger charge is 2.39. The second kappa shape index (κ2) is 6.60. The second-order valence-corrected chi connectivity index (χ2v) is 9.60. The summed E-state index contributed by atoms with van der Waals surface area (Å²) in [4.78, 5) is 42.2. The fourth-order valence-corrected chi connectivity index (χ4v) is 4.63. The molecule has 1 aliphatic rings. The maximum atomic E-state index is 12.5. The number of carbonyl (C=O) groups excluding carboxylic acids is 3. The van der Waals surface area contributed by atoms with Crippen molar-refractivity contribution in [3.05, 3.63) is 38.5 Å². The van der Waals surface area contributed by atoms with Crippen LogP contribution in [0.4, 0.5) is 11.5 Å². The van der Waals surface area contributed by atoms with Crippen LogP contribution in [-0.4, -0.2) is 35.4 Å². The molecule has 3 heterocycles. The van der Waals surface area contributed by atoms with Crippen molar-refractivity contribution in [1.29, 1.82) is 0 Å². The summed E-state index contributed by atoms with van der Waals surface area (Å²) in [5.74, 6) is -0.617. The molecule has 2 aromatic heterocycles. The molecule has 0 spiro atoms. The van der Waals surface area contributed by atoms with E-state index in [-0.39, 0.29) is 23.2 Å². The van der Waals surface area contributed by atoms with Crippen molar-refractivity contribution in [2.75, 3.05) is 17.3 Å². The third kappa shape index (κ3) is 3.18. The van der Waals surface area contributed by atoms with Gasteiger partial charge in [0.25, 0.3) is 17.7 Å². The lowest BCUT2D eigenvalue weighted by molar-refractivity contribution is -0.132. The number of benzene rings is 1. The van der Waals surface area contributed by atoms with E-state index in [0.717, 1.165) is 3.79 Å². The molecule has 0 bridgehead atoms. The minimum absolute atomic E-state index is 0.146. The fraction of sp³-hybridized carbons (Fsp3) is 0.211. The van der Waals surface area contributed by atoms with Crippen LogP contribution in [-0.2, 0) is 4.79 Å². The van der Waals surface area contributed by atoms with Gasteiger partial charge >= 0.3 is 0 Å². The number of rotatable bonds is 3. The van der Waals surface area contributed by atoms with Crippen LogP contribution in [0.2, 0.25) is 0 Å². The topological polar surface area (TPSA) is 118 Å². The third-order valence-corrected chi connectivity index (χ3v) is 6.33. The smallest absolute Gasteiger partial charge is 0.270 e. The Hall–Kier alpha value is -2.85. The number of nitrogens with one attached hydrogen (secondary N) is 2.